The van der Waals surface area contributed by atoms with Crippen LogP contribution in [0, 0.1) is 5.92 Å². The molecule has 0 aliphatic heterocycles. The second-order valence-corrected chi connectivity index (χ2v) is 5.75. The number of aromatic nitrogens is 1. The van der Waals surface area contributed by atoms with E-state index in [2.05, 4.69) is 24.1 Å². The van der Waals surface area contributed by atoms with Gasteiger partial charge in [0.15, 0.2) is 0 Å². The maximum atomic E-state index is 6.49. The van der Waals surface area contributed by atoms with Crippen LogP contribution >= 0.6 is 11.6 Å². The number of nitrogens with one attached hydrogen (secondary N) is 1. The Kier molecular flexibility index (Phi) is 5.68. The number of alkyl halides is 1. The molecule has 1 N–H and O–H groups in total. The third-order valence-electron chi connectivity index (χ3n) is 4.01. The van der Waals surface area contributed by atoms with Crippen LogP contribution < -0.4 is 10.1 Å². The standard InChI is InChI=1S/C17H23ClN2O/c1-4-12(5-2)15(18)11-20-17-14-7-6-8-16(21-3)13(14)9-10-19-17/h6-10,12,15H,4-5,11H2,1-3H3,(H,19,20). The van der Waals surface area contributed by atoms with E-state index in [1.165, 1.54) is 0 Å². The normalized spacial score (nSPS) is 12.6. The van der Waals surface area contributed by atoms with Gasteiger partial charge in [0.25, 0.3) is 0 Å². The van der Waals surface area contributed by atoms with Gasteiger partial charge in [-0.25, -0.2) is 4.98 Å². The first kappa shape index (κ1) is 15.9. The van der Waals surface area contributed by atoms with E-state index in [9.17, 15) is 0 Å². The summed E-state index contributed by atoms with van der Waals surface area (Å²) in [5.41, 5.74) is 0. The van der Waals surface area contributed by atoms with E-state index in [-0.39, 0.29) is 5.38 Å². The first-order valence-electron chi connectivity index (χ1n) is 7.50. The van der Waals surface area contributed by atoms with Gasteiger partial charge >= 0.3 is 0 Å². The number of benzene rings is 1. The summed E-state index contributed by atoms with van der Waals surface area (Å²) in [7, 11) is 1.68. The number of methoxy groups -OCH3 is 1. The molecule has 0 amide bonds. The van der Waals surface area contributed by atoms with Gasteiger partial charge in [0, 0.05) is 23.5 Å². The highest BCUT2D eigenvalue weighted by atomic mass is 35.5. The Morgan fingerprint density at radius 2 is 1.95 bits per heavy atom. The van der Waals surface area contributed by atoms with Gasteiger partial charge in [-0.2, -0.15) is 0 Å². The first-order valence-corrected chi connectivity index (χ1v) is 7.94. The zero-order valence-corrected chi connectivity index (χ0v) is 13.7. The summed E-state index contributed by atoms with van der Waals surface area (Å²) in [4.78, 5) is 4.44. The fourth-order valence-electron chi connectivity index (χ4n) is 2.66. The molecule has 2 rings (SSSR count). The molecular weight excluding hydrogens is 284 g/mol. The summed E-state index contributed by atoms with van der Waals surface area (Å²) in [6.45, 7) is 5.09. The molecule has 0 radical (unpaired) electrons. The van der Waals surface area contributed by atoms with Crippen molar-refractivity contribution in [1.29, 1.82) is 0 Å². The van der Waals surface area contributed by atoms with Gasteiger partial charge in [-0.3, -0.25) is 0 Å². The monoisotopic (exact) mass is 306 g/mol. The van der Waals surface area contributed by atoms with Gasteiger partial charge < -0.3 is 10.1 Å². The van der Waals surface area contributed by atoms with Gasteiger partial charge in [-0.05, 0) is 18.1 Å². The fourth-order valence-corrected chi connectivity index (χ4v) is 3.09. The Balaban J connectivity index is 2.19. The van der Waals surface area contributed by atoms with Crippen LogP contribution in [0.15, 0.2) is 30.5 Å². The maximum Gasteiger partial charge on any atom is 0.134 e. The van der Waals surface area contributed by atoms with E-state index in [4.69, 9.17) is 16.3 Å². The molecule has 2 aromatic rings. The zero-order valence-electron chi connectivity index (χ0n) is 12.9. The number of hydrogen-bond donors (Lipinski definition) is 1. The molecule has 1 unspecified atom stereocenters. The van der Waals surface area contributed by atoms with Crippen LogP contribution in [0.5, 0.6) is 5.75 Å². The molecule has 0 aliphatic carbocycles. The third kappa shape index (κ3) is 3.59. The Morgan fingerprint density at radius 1 is 1.19 bits per heavy atom. The van der Waals surface area contributed by atoms with Crippen LogP contribution in [0.2, 0.25) is 0 Å². The highest BCUT2D eigenvalue weighted by Crippen LogP contribution is 2.29. The highest BCUT2D eigenvalue weighted by Gasteiger charge is 2.16. The average Bonchev–Trinajstić information content (AvgIpc) is 2.53. The van der Waals surface area contributed by atoms with Crippen LogP contribution in [-0.4, -0.2) is 24.0 Å². The second-order valence-electron chi connectivity index (χ2n) is 5.19. The van der Waals surface area contributed by atoms with E-state index in [0.29, 0.717) is 5.92 Å². The molecule has 1 atom stereocenters. The Morgan fingerprint density at radius 3 is 2.62 bits per heavy atom. The minimum absolute atomic E-state index is 0.114. The average molecular weight is 307 g/mol. The summed E-state index contributed by atoms with van der Waals surface area (Å²) in [6.07, 6.45) is 4.00. The molecular formula is C17H23ClN2O. The summed E-state index contributed by atoms with van der Waals surface area (Å²) in [5.74, 6) is 2.26. The summed E-state index contributed by atoms with van der Waals surface area (Å²) >= 11 is 6.49. The molecule has 0 aliphatic rings. The van der Waals surface area contributed by atoms with Crippen LogP contribution in [0.1, 0.15) is 26.7 Å². The summed E-state index contributed by atoms with van der Waals surface area (Å²) < 4.78 is 5.40. The van der Waals surface area contributed by atoms with Crippen LogP contribution in [-0.2, 0) is 0 Å². The van der Waals surface area contributed by atoms with Crippen molar-refractivity contribution >= 4 is 28.2 Å². The maximum absolute atomic E-state index is 6.49. The minimum atomic E-state index is 0.114. The van der Waals surface area contributed by atoms with Crippen molar-refractivity contribution in [2.45, 2.75) is 32.1 Å². The topological polar surface area (TPSA) is 34.2 Å². The molecule has 3 nitrogen and oxygen atoms in total. The lowest BCUT2D eigenvalue weighted by Gasteiger charge is -2.20. The first-order chi connectivity index (χ1) is 10.2. The van der Waals surface area contributed by atoms with Crippen molar-refractivity contribution in [3.63, 3.8) is 0 Å². The number of ether oxygens (including phenoxy) is 1. The van der Waals surface area contributed by atoms with Gasteiger partial charge in [0.1, 0.15) is 11.6 Å². The smallest absolute Gasteiger partial charge is 0.134 e. The van der Waals surface area contributed by atoms with E-state index in [1.54, 1.807) is 13.3 Å². The zero-order chi connectivity index (χ0) is 15.2. The lowest BCUT2D eigenvalue weighted by molar-refractivity contribution is 0.420. The van der Waals surface area contributed by atoms with Crippen molar-refractivity contribution < 1.29 is 4.74 Å². The van der Waals surface area contributed by atoms with Crippen molar-refractivity contribution in [3.8, 4) is 5.75 Å². The van der Waals surface area contributed by atoms with Crippen LogP contribution in [0.25, 0.3) is 10.8 Å². The van der Waals surface area contributed by atoms with Crippen molar-refractivity contribution in [2.24, 2.45) is 5.92 Å². The number of halogens is 1. The van der Waals surface area contributed by atoms with Gasteiger partial charge in [0.2, 0.25) is 0 Å². The third-order valence-corrected chi connectivity index (χ3v) is 4.52. The fraction of sp³-hybridized carbons (Fsp3) is 0.471. The molecule has 0 saturated carbocycles. The largest absolute Gasteiger partial charge is 0.496 e. The Hall–Kier alpha value is -1.48. The summed E-state index contributed by atoms with van der Waals surface area (Å²) in [6, 6.07) is 7.96. The van der Waals surface area contributed by atoms with Crippen molar-refractivity contribution in [1.82, 2.24) is 4.98 Å². The highest BCUT2D eigenvalue weighted by molar-refractivity contribution is 6.21. The molecule has 0 fully saturated rings. The number of anilines is 1. The molecule has 4 heteroatoms. The Labute approximate surface area is 131 Å². The number of nitrogens with zero attached hydrogens (tertiary/aromatic N) is 1. The number of hydrogen-bond acceptors (Lipinski definition) is 3. The van der Waals surface area contributed by atoms with E-state index in [1.807, 2.05) is 24.3 Å². The van der Waals surface area contributed by atoms with Gasteiger partial charge in [-0.1, -0.05) is 38.8 Å². The molecule has 1 aromatic carbocycles. The van der Waals surface area contributed by atoms with Crippen LogP contribution in [0.3, 0.4) is 0 Å². The number of fused-ring (bicyclic) bond motifs is 1. The molecule has 1 aromatic heterocycles. The SMILES string of the molecule is CCC(CC)C(Cl)CNc1nccc2c(OC)cccc12. The summed E-state index contributed by atoms with van der Waals surface area (Å²) in [5, 5.41) is 5.62. The lowest BCUT2D eigenvalue weighted by Crippen LogP contribution is -2.23. The quantitative estimate of drug-likeness (QED) is 0.753. The van der Waals surface area contributed by atoms with E-state index in [0.717, 1.165) is 41.7 Å². The van der Waals surface area contributed by atoms with E-state index >= 15 is 0 Å². The minimum Gasteiger partial charge on any atom is -0.496 e. The van der Waals surface area contributed by atoms with Gasteiger partial charge in [0.05, 0.1) is 12.5 Å². The van der Waals surface area contributed by atoms with E-state index < -0.39 is 0 Å². The molecule has 114 valence electrons. The molecule has 0 saturated heterocycles. The predicted octanol–water partition coefficient (Wildman–Crippen LogP) is 4.70. The Bertz CT molecular complexity index is 584. The lowest BCUT2D eigenvalue weighted by atomic mass is 9.99. The van der Waals surface area contributed by atoms with Crippen molar-refractivity contribution in [2.75, 3.05) is 19.0 Å². The van der Waals surface area contributed by atoms with Crippen molar-refractivity contribution in [3.05, 3.63) is 30.5 Å². The number of pyridine rings is 1. The molecule has 0 bridgehead atoms. The van der Waals surface area contributed by atoms with Gasteiger partial charge in [-0.15, -0.1) is 11.6 Å². The number of rotatable bonds is 7. The molecule has 21 heavy (non-hydrogen) atoms. The molecule has 0 spiro atoms. The second kappa shape index (κ2) is 7.51. The molecule has 1 heterocycles. The van der Waals surface area contributed by atoms with Crippen LogP contribution in [0.4, 0.5) is 5.82 Å². The predicted molar refractivity (Wildman–Crippen MR) is 90.5 cm³/mol.